The molecule has 0 radical (unpaired) electrons. The normalized spacial score (nSPS) is 17.5. The molecule has 128 valence electrons. The van der Waals surface area contributed by atoms with Crippen molar-refractivity contribution in [3.8, 4) is 0 Å². The van der Waals surface area contributed by atoms with Crippen LogP contribution in [0, 0.1) is 5.92 Å². The van der Waals surface area contributed by atoms with Gasteiger partial charge in [0.2, 0.25) is 0 Å². The lowest BCUT2D eigenvalue weighted by Crippen LogP contribution is -2.50. The first kappa shape index (κ1) is 15.0. The number of aromatic nitrogens is 4. The van der Waals surface area contributed by atoms with E-state index in [-0.39, 0.29) is 5.56 Å². The first-order valence-electron chi connectivity index (χ1n) is 8.81. The second-order valence-electron chi connectivity index (χ2n) is 6.95. The topological polar surface area (TPSA) is 63.9 Å². The van der Waals surface area contributed by atoms with Crippen molar-refractivity contribution in [1.82, 2.24) is 19.7 Å². The van der Waals surface area contributed by atoms with Crippen LogP contribution in [0.15, 0.2) is 28.6 Å². The molecule has 1 aliphatic carbocycles. The molecule has 3 aromatic rings. The van der Waals surface area contributed by atoms with E-state index in [4.69, 9.17) is 0 Å². The van der Waals surface area contributed by atoms with Gasteiger partial charge in [0.05, 0.1) is 22.5 Å². The highest BCUT2D eigenvalue weighted by molar-refractivity contribution is 7.17. The van der Waals surface area contributed by atoms with Crippen LogP contribution in [-0.4, -0.2) is 32.8 Å². The van der Waals surface area contributed by atoms with Gasteiger partial charge in [-0.1, -0.05) is 0 Å². The van der Waals surface area contributed by atoms with Gasteiger partial charge < -0.3 is 4.90 Å². The van der Waals surface area contributed by atoms with E-state index < -0.39 is 0 Å². The fraction of sp³-hybridized carbons (Fsp3) is 0.444. The van der Waals surface area contributed by atoms with Gasteiger partial charge in [0, 0.05) is 25.1 Å². The van der Waals surface area contributed by atoms with Crippen LogP contribution in [0.5, 0.6) is 0 Å². The smallest absolute Gasteiger partial charge is 0.267 e. The third-order valence-electron chi connectivity index (χ3n) is 5.19. The van der Waals surface area contributed by atoms with Crippen LogP contribution in [-0.2, 0) is 19.4 Å². The van der Waals surface area contributed by atoms with Crippen LogP contribution in [0.4, 0.5) is 5.82 Å². The number of rotatable bonds is 3. The second kappa shape index (κ2) is 5.91. The molecule has 4 heterocycles. The predicted octanol–water partition coefficient (Wildman–Crippen LogP) is 2.26. The zero-order chi connectivity index (χ0) is 16.8. The number of nitrogens with zero attached hydrogens (tertiary/aromatic N) is 5. The van der Waals surface area contributed by atoms with Crippen molar-refractivity contribution in [3.63, 3.8) is 0 Å². The number of hydrogen-bond donors (Lipinski definition) is 0. The Kier molecular flexibility index (Phi) is 3.55. The van der Waals surface area contributed by atoms with Gasteiger partial charge >= 0.3 is 0 Å². The lowest BCUT2D eigenvalue weighted by molar-refractivity contribution is 0.330. The molecular formula is C18H19N5OS. The third kappa shape index (κ3) is 2.63. The van der Waals surface area contributed by atoms with Crippen LogP contribution in [0.3, 0.4) is 0 Å². The fourth-order valence-corrected chi connectivity index (χ4v) is 4.70. The molecular weight excluding hydrogens is 334 g/mol. The average molecular weight is 353 g/mol. The van der Waals surface area contributed by atoms with E-state index in [0.29, 0.717) is 12.5 Å². The quantitative estimate of drug-likeness (QED) is 0.723. The average Bonchev–Trinajstić information content (AvgIpc) is 3.07. The summed E-state index contributed by atoms with van der Waals surface area (Å²) in [5.74, 6) is 1.46. The third-order valence-corrected chi connectivity index (χ3v) is 6.09. The Labute approximate surface area is 149 Å². The van der Waals surface area contributed by atoms with E-state index in [1.54, 1.807) is 28.4 Å². The molecule has 2 aliphatic rings. The summed E-state index contributed by atoms with van der Waals surface area (Å²) in [6, 6.07) is 3.83. The van der Waals surface area contributed by atoms with Gasteiger partial charge in [0.1, 0.15) is 12.1 Å². The summed E-state index contributed by atoms with van der Waals surface area (Å²) in [5, 5.41) is 6.69. The molecule has 1 saturated heterocycles. The van der Waals surface area contributed by atoms with Crippen LogP contribution >= 0.6 is 11.3 Å². The Morgan fingerprint density at radius 1 is 1.20 bits per heavy atom. The van der Waals surface area contributed by atoms with Crippen molar-refractivity contribution in [3.05, 3.63) is 45.5 Å². The van der Waals surface area contributed by atoms with Gasteiger partial charge in [-0.15, -0.1) is 11.3 Å². The molecule has 0 unspecified atom stereocenters. The number of hydrogen-bond acceptors (Lipinski definition) is 6. The SMILES string of the molecule is O=c1cc2c(nn1CC1CN(c3ncnc4ccsc34)C1)CCCC2. The molecule has 1 fully saturated rings. The largest absolute Gasteiger partial charge is 0.354 e. The van der Waals surface area contributed by atoms with E-state index in [0.717, 1.165) is 53.2 Å². The maximum Gasteiger partial charge on any atom is 0.267 e. The number of aryl methyl sites for hydroxylation is 2. The minimum Gasteiger partial charge on any atom is -0.354 e. The maximum atomic E-state index is 12.3. The van der Waals surface area contributed by atoms with Crippen molar-refractivity contribution in [2.75, 3.05) is 18.0 Å². The maximum absolute atomic E-state index is 12.3. The van der Waals surface area contributed by atoms with Gasteiger partial charge in [0.25, 0.3) is 5.56 Å². The number of thiophene rings is 1. The van der Waals surface area contributed by atoms with E-state index in [9.17, 15) is 4.79 Å². The molecule has 3 aromatic heterocycles. The Hall–Kier alpha value is -2.28. The molecule has 5 rings (SSSR count). The lowest BCUT2D eigenvalue weighted by atomic mass is 9.96. The second-order valence-corrected chi connectivity index (χ2v) is 7.86. The molecule has 0 spiro atoms. The van der Waals surface area contributed by atoms with Crippen LogP contribution in [0.1, 0.15) is 24.1 Å². The molecule has 0 aromatic carbocycles. The Bertz CT molecular complexity index is 989. The molecule has 0 atom stereocenters. The summed E-state index contributed by atoms with van der Waals surface area (Å²) < 4.78 is 2.82. The molecule has 0 bridgehead atoms. The minimum absolute atomic E-state index is 0.0433. The molecule has 25 heavy (non-hydrogen) atoms. The summed E-state index contributed by atoms with van der Waals surface area (Å²) in [5.41, 5.74) is 3.33. The molecule has 0 amide bonds. The van der Waals surface area contributed by atoms with Gasteiger partial charge in [-0.2, -0.15) is 5.10 Å². The summed E-state index contributed by atoms with van der Waals surface area (Å²) in [4.78, 5) is 23.4. The molecule has 0 N–H and O–H groups in total. The molecule has 1 aliphatic heterocycles. The van der Waals surface area contributed by atoms with E-state index in [2.05, 4.69) is 25.3 Å². The van der Waals surface area contributed by atoms with Crippen molar-refractivity contribution < 1.29 is 0 Å². The van der Waals surface area contributed by atoms with Crippen LogP contribution in [0.25, 0.3) is 10.2 Å². The Morgan fingerprint density at radius 3 is 3.00 bits per heavy atom. The van der Waals surface area contributed by atoms with E-state index in [1.807, 2.05) is 6.07 Å². The van der Waals surface area contributed by atoms with Gasteiger partial charge in [-0.3, -0.25) is 4.79 Å². The van der Waals surface area contributed by atoms with E-state index >= 15 is 0 Å². The lowest BCUT2D eigenvalue weighted by Gasteiger charge is -2.40. The zero-order valence-corrected chi connectivity index (χ0v) is 14.7. The first-order chi connectivity index (χ1) is 12.3. The van der Waals surface area contributed by atoms with E-state index in [1.165, 1.54) is 12.8 Å². The monoisotopic (exact) mass is 353 g/mol. The summed E-state index contributed by atoms with van der Waals surface area (Å²) in [6.45, 7) is 2.52. The van der Waals surface area contributed by atoms with Gasteiger partial charge in [0.15, 0.2) is 0 Å². The highest BCUT2D eigenvalue weighted by Crippen LogP contribution is 2.32. The van der Waals surface area contributed by atoms with Crippen LogP contribution < -0.4 is 10.5 Å². The Morgan fingerprint density at radius 2 is 2.08 bits per heavy atom. The molecule has 7 heteroatoms. The standard InChI is InChI=1S/C18H19N5OS/c24-16-7-13-3-1-2-4-14(13)21-23(16)10-12-8-22(9-12)18-17-15(5-6-25-17)19-11-20-18/h5-7,11-12H,1-4,8-10H2. The van der Waals surface area contributed by atoms with Crippen molar-refractivity contribution in [2.24, 2.45) is 5.92 Å². The van der Waals surface area contributed by atoms with Gasteiger partial charge in [-0.25, -0.2) is 14.6 Å². The highest BCUT2D eigenvalue weighted by Gasteiger charge is 2.30. The summed E-state index contributed by atoms with van der Waals surface area (Å²) in [6.07, 6.45) is 5.99. The first-order valence-corrected chi connectivity index (χ1v) is 9.69. The van der Waals surface area contributed by atoms with Crippen LogP contribution in [0.2, 0.25) is 0 Å². The van der Waals surface area contributed by atoms with Crippen molar-refractivity contribution >= 4 is 27.4 Å². The molecule has 0 saturated carbocycles. The summed E-state index contributed by atoms with van der Waals surface area (Å²) in [7, 11) is 0. The summed E-state index contributed by atoms with van der Waals surface area (Å²) >= 11 is 1.68. The zero-order valence-electron chi connectivity index (χ0n) is 13.9. The number of fused-ring (bicyclic) bond motifs is 2. The van der Waals surface area contributed by atoms with Crippen molar-refractivity contribution in [1.29, 1.82) is 0 Å². The highest BCUT2D eigenvalue weighted by atomic mass is 32.1. The van der Waals surface area contributed by atoms with Crippen molar-refractivity contribution in [2.45, 2.75) is 32.2 Å². The minimum atomic E-state index is 0.0433. The predicted molar refractivity (Wildman–Crippen MR) is 98.3 cm³/mol. The fourth-order valence-electron chi connectivity index (χ4n) is 3.84. The van der Waals surface area contributed by atoms with Gasteiger partial charge in [-0.05, 0) is 42.7 Å². The Balaban J connectivity index is 1.32. The number of anilines is 1. The molecule has 6 nitrogen and oxygen atoms in total.